The van der Waals surface area contributed by atoms with Crippen molar-refractivity contribution in [1.29, 1.82) is 0 Å². The Morgan fingerprint density at radius 3 is 2.62 bits per heavy atom. The van der Waals surface area contributed by atoms with Crippen molar-refractivity contribution in [2.45, 2.75) is 13.8 Å². The molecule has 0 saturated carbocycles. The highest BCUT2D eigenvalue weighted by molar-refractivity contribution is 5.51. The van der Waals surface area contributed by atoms with Crippen molar-refractivity contribution >= 4 is 5.69 Å². The van der Waals surface area contributed by atoms with Gasteiger partial charge in [-0.05, 0) is 38.1 Å². The van der Waals surface area contributed by atoms with Gasteiger partial charge >= 0.3 is 0 Å². The van der Waals surface area contributed by atoms with E-state index in [4.69, 9.17) is 6.42 Å². The average Bonchev–Trinajstić information content (AvgIpc) is 2.32. The van der Waals surface area contributed by atoms with Gasteiger partial charge in [0.25, 0.3) is 0 Å². The van der Waals surface area contributed by atoms with Gasteiger partial charge in [-0.2, -0.15) is 0 Å². The molecule has 0 heterocycles. The van der Waals surface area contributed by atoms with E-state index in [0.29, 0.717) is 0 Å². The molecule has 0 bridgehead atoms. The largest absolute Gasteiger partial charge is 0.346 e. The van der Waals surface area contributed by atoms with Gasteiger partial charge in [-0.15, -0.1) is 6.42 Å². The van der Waals surface area contributed by atoms with Gasteiger partial charge in [-0.25, -0.2) is 0 Å². The van der Waals surface area contributed by atoms with E-state index in [9.17, 15) is 0 Å². The lowest BCUT2D eigenvalue weighted by atomic mass is 10.2. The fourth-order valence-corrected chi connectivity index (χ4v) is 1.58. The van der Waals surface area contributed by atoms with Crippen LogP contribution in [-0.4, -0.2) is 6.54 Å². The molecule has 1 aromatic rings. The van der Waals surface area contributed by atoms with Crippen molar-refractivity contribution in [1.82, 2.24) is 0 Å². The molecule has 1 rings (SSSR count). The number of anilines is 1. The lowest BCUT2D eigenvalue weighted by Gasteiger charge is -2.23. The summed E-state index contributed by atoms with van der Waals surface area (Å²) in [5.41, 5.74) is 2.38. The Morgan fingerprint density at radius 1 is 1.38 bits per heavy atom. The summed E-state index contributed by atoms with van der Waals surface area (Å²) in [5.74, 6) is 2.48. The van der Waals surface area contributed by atoms with Gasteiger partial charge in [0.1, 0.15) is 0 Å². The third kappa shape index (κ3) is 3.33. The Hall–Kier alpha value is -1.94. The van der Waals surface area contributed by atoms with Crippen LogP contribution in [0.2, 0.25) is 0 Å². The van der Waals surface area contributed by atoms with E-state index in [2.05, 4.69) is 36.8 Å². The van der Waals surface area contributed by atoms with E-state index in [-0.39, 0.29) is 0 Å². The summed E-state index contributed by atoms with van der Waals surface area (Å²) < 4.78 is 0. The maximum absolute atomic E-state index is 5.15. The fourth-order valence-electron chi connectivity index (χ4n) is 1.58. The summed E-state index contributed by atoms with van der Waals surface area (Å²) in [6, 6.07) is 10.3. The van der Waals surface area contributed by atoms with Gasteiger partial charge in [0.15, 0.2) is 0 Å². The van der Waals surface area contributed by atoms with E-state index >= 15 is 0 Å². The van der Waals surface area contributed by atoms with E-state index in [1.807, 2.05) is 30.4 Å². The molecule has 0 atom stereocenters. The minimum atomic E-state index is 0.941. The molecule has 1 heteroatoms. The summed E-state index contributed by atoms with van der Waals surface area (Å²) in [6.07, 6.45) is 10.8. The third-order valence-corrected chi connectivity index (χ3v) is 2.34. The lowest BCUT2D eigenvalue weighted by molar-refractivity contribution is 0.953. The van der Waals surface area contributed by atoms with Crippen LogP contribution in [0.25, 0.3) is 0 Å². The lowest BCUT2D eigenvalue weighted by Crippen LogP contribution is -2.19. The summed E-state index contributed by atoms with van der Waals surface area (Å²) in [4.78, 5) is 2.24. The predicted molar refractivity (Wildman–Crippen MR) is 71.2 cm³/mol. The molecule has 0 aliphatic carbocycles. The van der Waals surface area contributed by atoms with Crippen molar-refractivity contribution in [3.8, 4) is 12.3 Å². The number of benzene rings is 1. The van der Waals surface area contributed by atoms with Crippen LogP contribution in [-0.2, 0) is 0 Å². The molecule has 16 heavy (non-hydrogen) atoms. The maximum Gasteiger partial charge on any atom is 0.0408 e. The molecule has 1 nitrogen and oxygen atoms in total. The molecule has 0 aromatic heterocycles. The quantitative estimate of drug-likeness (QED) is 0.543. The Labute approximate surface area is 98.1 Å². The van der Waals surface area contributed by atoms with Gasteiger partial charge in [0.05, 0.1) is 0 Å². The molecule has 82 valence electrons. The number of hydrogen-bond donors (Lipinski definition) is 0. The minimum absolute atomic E-state index is 0.941. The summed E-state index contributed by atoms with van der Waals surface area (Å²) >= 11 is 0. The summed E-state index contributed by atoms with van der Waals surface area (Å²) in [7, 11) is 0. The molecule has 0 radical (unpaired) electrons. The zero-order valence-corrected chi connectivity index (χ0v) is 9.85. The fraction of sp³-hybridized carbons (Fsp3) is 0.200. The first kappa shape index (κ1) is 12.1. The van der Waals surface area contributed by atoms with E-state index in [1.54, 1.807) is 6.08 Å². The van der Waals surface area contributed by atoms with E-state index in [1.165, 1.54) is 11.4 Å². The normalized spacial score (nSPS) is 11.4. The van der Waals surface area contributed by atoms with Gasteiger partial charge in [0, 0.05) is 17.9 Å². The third-order valence-electron chi connectivity index (χ3n) is 2.34. The highest BCUT2D eigenvalue weighted by Gasteiger charge is 2.03. The van der Waals surface area contributed by atoms with Crippen LogP contribution >= 0.6 is 0 Å². The Kier molecular flexibility index (Phi) is 4.95. The van der Waals surface area contributed by atoms with Crippen molar-refractivity contribution in [2.24, 2.45) is 0 Å². The molecule has 0 unspecified atom stereocenters. The molecule has 0 spiro atoms. The van der Waals surface area contributed by atoms with Crippen molar-refractivity contribution < 1.29 is 0 Å². The highest BCUT2D eigenvalue weighted by atomic mass is 15.1. The number of terminal acetylenes is 1. The number of nitrogens with zero attached hydrogens (tertiary/aromatic N) is 1. The van der Waals surface area contributed by atoms with Crippen molar-refractivity contribution in [2.75, 3.05) is 11.4 Å². The van der Waals surface area contributed by atoms with Gasteiger partial charge in [-0.3, -0.25) is 0 Å². The molecule has 0 fully saturated rings. The Morgan fingerprint density at radius 2 is 2.06 bits per heavy atom. The number of hydrogen-bond acceptors (Lipinski definition) is 1. The number of para-hydroxylation sites is 1. The molecular formula is C15H17N. The average molecular weight is 211 g/mol. The molecule has 1 aromatic carbocycles. The molecular weight excluding hydrogens is 194 g/mol. The topological polar surface area (TPSA) is 3.24 Å². The second-order valence-electron chi connectivity index (χ2n) is 3.41. The smallest absolute Gasteiger partial charge is 0.0408 e. The molecule has 0 saturated heterocycles. The predicted octanol–water partition coefficient (Wildman–Crippen LogP) is 3.61. The number of allylic oxidation sites excluding steroid dienone is 4. The van der Waals surface area contributed by atoms with Crippen LogP contribution in [0.4, 0.5) is 5.69 Å². The summed E-state index contributed by atoms with van der Waals surface area (Å²) in [6.45, 7) is 5.16. The van der Waals surface area contributed by atoms with E-state index < -0.39 is 0 Å². The first-order valence-electron chi connectivity index (χ1n) is 5.41. The van der Waals surface area contributed by atoms with Crippen LogP contribution in [0.3, 0.4) is 0 Å². The Bertz CT molecular complexity index is 407. The van der Waals surface area contributed by atoms with Crippen LogP contribution < -0.4 is 4.90 Å². The van der Waals surface area contributed by atoms with Gasteiger partial charge in [-0.1, -0.05) is 30.2 Å². The first-order chi connectivity index (χ1) is 7.79. The maximum atomic E-state index is 5.15. The molecule has 0 aliphatic heterocycles. The van der Waals surface area contributed by atoms with Crippen LogP contribution in [0.5, 0.6) is 0 Å². The van der Waals surface area contributed by atoms with Crippen LogP contribution in [0, 0.1) is 12.3 Å². The second-order valence-corrected chi connectivity index (χ2v) is 3.41. The molecule has 0 N–H and O–H groups in total. The minimum Gasteiger partial charge on any atom is -0.346 e. The monoisotopic (exact) mass is 211 g/mol. The summed E-state index contributed by atoms with van der Waals surface area (Å²) in [5, 5.41) is 0. The number of rotatable bonds is 4. The molecule has 0 aliphatic rings. The van der Waals surface area contributed by atoms with Crippen LogP contribution in [0.1, 0.15) is 13.8 Å². The van der Waals surface area contributed by atoms with Crippen molar-refractivity contribution in [3.63, 3.8) is 0 Å². The Balaban J connectivity index is 2.88. The van der Waals surface area contributed by atoms with Crippen LogP contribution in [0.15, 0.2) is 54.3 Å². The van der Waals surface area contributed by atoms with E-state index in [0.717, 1.165) is 6.54 Å². The zero-order valence-electron chi connectivity index (χ0n) is 9.85. The van der Waals surface area contributed by atoms with Crippen molar-refractivity contribution in [3.05, 3.63) is 54.3 Å². The zero-order chi connectivity index (χ0) is 11.8. The van der Waals surface area contributed by atoms with Gasteiger partial charge < -0.3 is 4.90 Å². The SMILES string of the molecule is C#C/C=C\C=C(/C)N(CC)c1ccccc1. The molecule has 0 amide bonds. The van der Waals surface area contributed by atoms with Gasteiger partial charge in [0.2, 0.25) is 0 Å². The standard InChI is InChI=1S/C15H17N/c1-4-6-8-11-14(3)16(5-2)15-12-9-7-10-13-15/h1,6-13H,5H2,2-3H3/b8-6-,14-11+. The highest BCUT2D eigenvalue weighted by Crippen LogP contribution is 2.17. The second kappa shape index (κ2) is 6.53. The first-order valence-corrected chi connectivity index (χ1v) is 5.41.